The molecule has 35 heavy (non-hydrogen) atoms. The first-order valence-corrected chi connectivity index (χ1v) is 12.7. The molecule has 0 aliphatic carbocycles. The molecule has 2 aliphatic rings. The zero-order valence-corrected chi connectivity index (χ0v) is 20.8. The van der Waals surface area contributed by atoms with Gasteiger partial charge >= 0.3 is 0 Å². The summed E-state index contributed by atoms with van der Waals surface area (Å²) in [5.74, 6) is 1.27. The minimum absolute atomic E-state index is 0.00345. The van der Waals surface area contributed by atoms with Crippen LogP contribution in [0.1, 0.15) is 37.7 Å². The fraction of sp³-hybridized carbons (Fsp3) is 0.308. The predicted octanol–water partition coefficient (Wildman–Crippen LogP) is 5.12. The van der Waals surface area contributed by atoms with Crippen LogP contribution in [-0.2, 0) is 9.59 Å². The summed E-state index contributed by atoms with van der Waals surface area (Å²) in [4.78, 5) is 29.5. The average Bonchev–Trinajstić information content (AvgIpc) is 3.44. The predicted molar refractivity (Wildman–Crippen MR) is 140 cm³/mol. The number of unbranched alkanes of at least 4 members (excludes halogenated alkanes) is 2. The summed E-state index contributed by atoms with van der Waals surface area (Å²) in [5, 5.41) is 8.93. The Morgan fingerprint density at radius 2 is 1.94 bits per heavy atom. The van der Waals surface area contributed by atoms with Crippen molar-refractivity contribution in [2.75, 3.05) is 24.8 Å². The van der Waals surface area contributed by atoms with E-state index in [4.69, 9.17) is 27.0 Å². The van der Waals surface area contributed by atoms with Crippen LogP contribution in [0.3, 0.4) is 0 Å². The van der Waals surface area contributed by atoms with Gasteiger partial charge in [-0.1, -0.05) is 54.7 Å². The normalized spacial score (nSPS) is 15.5. The molecule has 1 saturated heterocycles. The van der Waals surface area contributed by atoms with Crippen LogP contribution in [0, 0.1) is 11.3 Å². The minimum atomic E-state index is -0.0968. The van der Waals surface area contributed by atoms with Crippen molar-refractivity contribution in [3.8, 4) is 17.6 Å². The molecule has 0 atom stereocenters. The molecule has 2 aromatic rings. The van der Waals surface area contributed by atoms with E-state index in [-0.39, 0.29) is 25.0 Å². The van der Waals surface area contributed by atoms with E-state index in [0.717, 1.165) is 24.1 Å². The molecule has 2 amide bonds. The number of thiocarbonyl (C=S) groups is 1. The van der Waals surface area contributed by atoms with Crippen molar-refractivity contribution in [3.05, 3.63) is 59.0 Å². The van der Waals surface area contributed by atoms with E-state index >= 15 is 0 Å². The third-order valence-electron chi connectivity index (χ3n) is 5.66. The first-order chi connectivity index (χ1) is 17.1. The van der Waals surface area contributed by atoms with Crippen molar-refractivity contribution in [1.29, 1.82) is 5.26 Å². The number of anilines is 1. The molecule has 4 rings (SSSR count). The lowest BCUT2D eigenvalue weighted by atomic mass is 10.1. The van der Waals surface area contributed by atoms with Gasteiger partial charge in [0.2, 0.25) is 12.7 Å². The van der Waals surface area contributed by atoms with Crippen LogP contribution in [0.4, 0.5) is 5.69 Å². The van der Waals surface area contributed by atoms with Crippen molar-refractivity contribution >= 4 is 51.9 Å². The number of nitriles is 1. The van der Waals surface area contributed by atoms with Gasteiger partial charge in [0.15, 0.2) is 11.5 Å². The Balaban J connectivity index is 1.25. The zero-order chi connectivity index (χ0) is 24.6. The van der Waals surface area contributed by atoms with Gasteiger partial charge in [-0.15, -0.1) is 0 Å². The fourth-order valence-corrected chi connectivity index (χ4v) is 5.18. The van der Waals surface area contributed by atoms with Crippen LogP contribution in [0.2, 0.25) is 0 Å². The number of carbonyl (C=O) groups is 2. The van der Waals surface area contributed by atoms with E-state index in [9.17, 15) is 9.59 Å². The van der Waals surface area contributed by atoms with Crippen molar-refractivity contribution < 1.29 is 19.1 Å². The number of fused-ring (bicyclic) bond motifs is 1. The average molecular weight is 508 g/mol. The maximum Gasteiger partial charge on any atom is 0.266 e. The summed E-state index contributed by atoms with van der Waals surface area (Å²) in [6, 6.07) is 17.1. The van der Waals surface area contributed by atoms with Gasteiger partial charge in [0.25, 0.3) is 5.91 Å². The third kappa shape index (κ3) is 6.21. The second-order valence-electron chi connectivity index (χ2n) is 8.05. The monoisotopic (exact) mass is 507 g/mol. The Hall–Kier alpha value is -3.35. The highest BCUT2D eigenvalue weighted by Gasteiger charge is 2.31. The third-order valence-corrected chi connectivity index (χ3v) is 7.03. The molecule has 2 aliphatic heterocycles. The lowest BCUT2D eigenvalue weighted by molar-refractivity contribution is -0.122. The van der Waals surface area contributed by atoms with Gasteiger partial charge in [-0.25, -0.2) is 0 Å². The highest BCUT2D eigenvalue weighted by atomic mass is 32.2. The number of hydrogen-bond donors (Lipinski definition) is 0. The number of nitrogens with zero attached hydrogens (tertiary/aromatic N) is 3. The highest BCUT2D eigenvalue weighted by molar-refractivity contribution is 8.26. The van der Waals surface area contributed by atoms with Crippen LogP contribution in [0.15, 0.2) is 53.4 Å². The Morgan fingerprint density at radius 1 is 1.14 bits per heavy atom. The molecule has 0 saturated carbocycles. The van der Waals surface area contributed by atoms with E-state index in [2.05, 4.69) is 6.07 Å². The summed E-state index contributed by atoms with van der Waals surface area (Å²) in [7, 11) is 0. The van der Waals surface area contributed by atoms with Crippen LogP contribution in [0.25, 0.3) is 6.08 Å². The van der Waals surface area contributed by atoms with Crippen molar-refractivity contribution in [3.63, 3.8) is 0 Å². The van der Waals surface area contributed by atoms with Gasteiger partial charge in [0, 0.05) is 25.2 Å². The van der Waals surface area contributed by atoms with Gasteiger partial charge in [-0.2, -0.15) is 5.26 Å². The molecule has 0 N–H and O–H groups in total. The Bertz CT molecular complexity index is 1180. The largest absolute Gasteiger partial charge is 0.454 e. The summed E-state index contributed by atoms with van der Waals surface area (Å²) < 4.78 is 11.3. The second kappa shape index (κ2) is 11.9. The zero-order valence-electron chi connectivity index (χ0n) is 19.1. The molecule has 9 heteroatoms. The number of benzene rings is 2. The van der Waals surface area contributed by atoms with Crippen LogP contribution in [-0.4, -0.2) is 40.9 Å². The van der Waals surface area contributed by atoms with Gasteiger partial charge in [0.05, 0.1) is 17.4 Å². The lowest BCUT2D eigenvalue weighted by Crippen LogP contribution is -2.31. The molecule has 0 spiro atoms. The minimum Gasteiger partial charge on any atom is -0.454 e. The molecule has 180 valence electrons. The molecule has 7 nitrogen and oxygen atoms in total. The first-order valence-electron chi connectivity index (χ1n) is 11.4. The molecular weight excluding hydrogens is 482 g/mol. The number of thioether (sulfide) groups is 1. The summed E-state index contributed by atoms with van der Waals surface area (Å²) in [5.41, 5.74) is 1.66. The number of hydrogen-bond acceptors (Lipinski definition) is 7. The lowest BCUT2D eigenvalue weighted by Gasteiger charge is -2.22. The molecule has 0 radical (unpaired) electrons. The van der Waals surface area contributed by atoms with Gasteiger partial charge in [-0.05, 0) is 48.7 Å². The Labute approximate surface area is 214 Å². The fourth-order valence-electron chi connectivity index (χ4n) is 3.87. The van der Waals surface area contributed by atoms with Crippen LogP contribution >= 0.6 is 24.0 Å². The topological polar surface area (TPSA) is 82.9 Å². The molecule has 2 aromatic carbocycles. The molecule has 2 heterocycles. The quantitative estimate of drug-likeness (QED) is 0.251. The van der Waals surface area contributed by atoms with Gasteiger partial charge in [0.1, 0.15) is 4.32 Å². The first kappa shape index (κ1) is 24.8. The second-order valence-corrected chi connectivity index (χ2v) is 9.72. The number of amides is 2. The summed E-state index contributed by atoms with van der Waals surface area (Å²) in [6.07, 6.45) is 4.75. The van der Waals surface area contributed by atoms with E-state index in [0.29, 0.717) is 46.7 Å². The SMILES string of the molecule is N#CCCN(C(=O)CCCCCN1C(=O)/C(=C/c2ccc3c(c2)OCO3)SC1=S)c1ccccc1. The molecule has 0 unspecified atom stereocenters. The molecule has 0 bridgehead atoms. The summed E-state index contributed by atoms with van der Waals surface area (Å²) in [6.45, 7) is 1.11. The van der Waals surface area contributed by atoms with E-state index in [1.54, 1.807) is 9.80 Å². The van der Waals surface area contributed by atoms with Gasteiger partial charge < -0.3 is 14.4 Å². The number of rotatable bonds is 10. The number of carbonyl (C=O) groups excluding carboxylic acids is 2. The number of para-hydroxylation sites is 1. The standard InChI is InChI=1S/C26H25N3O4S2/c27-13-7-15-28(20-8-3-1-4-9-20)24(30)10-5-2-6-14-29-25(31)23(35-26(29)34)17-19-11-12-21-22(16-19)33-18-32-21/h1,3-4,8-9,11-12,16-17H,2,5-7,10,14-15,18H2/b23-17-. The highest BCUT2D eigenvalue weighted by Crippen LogP contribution is 2.36. The Kier molecular flexibility index (Phi) is 8.40. The number of ether oxygens (including phenoxy) is 2. The van der Waals surface area contributed by atoms with Crippen molar-refractivity contribution in [2.45, 2.75) is 32.1 Å². The Morgan fingerprint density at radius 3 is 2.74 bits per heavy atom. The van der Waals surface area contributed by atoms with Crippen LogP contribution < -0.4 is 14.4 Å². The van der Waals surface area contributed by atoms with E-state index in [1.807, 2.05) is 54.6 Å². The van der Waals surface area contributed by atoms with E-state index < -0.39 is 0 Å². The van der Waals surface area contributed by atoms with Gasteiger partial charge in [-0.3, -0.25) is 14.5 Å². The molecular formula is C26H25N3O4S2. The maximum absolute atomic E-state index is 12.9. The smallest absolute Gasteiger partial charge is 0.266 e. The molecule has 0 aromatic heterocycles. The van der Waals surface area contributed by atoms with Crippen molar-refractivity contribution in [1.82, 2.24) is 4.90 Å². The van der Waals surface area contributed by atoms with E-state index in [1.165, 1.54) is 11.8 Å². The molecule has 1 fully saturated rings. The summed E-state index contributed by atoms with van der Waals surface area (Å²) >= 11 is 6.73. The maximum atomic E-state index is 12.9. The van der Waals surface area contributed by atoms with Crippen LogP contribution in [0.5, 0.6) is 11.5 Å². The van der Waals surface area contributed by atoms with Crippen molar-refractivity contribution in [2.24, 2.45) is 0 Å².